The molecule has 27 heavy (non-hydrogen) atoms. The normalized spacial score (nSPS) is 10.2. The Balaban J connectivity index is 1.97. The molecule has 1 N–H and O–H groups in total. The maximum atomic E-state index is 12.2. The van der Waals surface area contributed by atoms with Crippen LogP contribution in [0.5, 0.6) is 11.5 Å². The number of anilines is 1. The predicted molar refractivity (Wildman–Crippen MR) is 102 cm³/mol. The van der Waals surface area contributed by atoms with Gasteiger partial charge in [-0.1, -0.05) is 18.5 Å². The quantitative estimate of drug-likeness (QED) is 0.517. The topological polar surface area (TPSA) is 86.8 Å². The van der Waals surface area contributed by atoms with Crippen molar-refractivity contribution < 1.29 is 23.8 Å². The van der Waals surface area contributed by atoms with Crippen LogP contribution in [-0.2, 0) is 9.53 Å². The van der Waals surface area contributed by atoms with Crippen LogP contribution in [0, 0.1) is 0 Å². The van der Waals surface area contributed by atoms with Gasteiger partial charge in [0.2, 0.25) is 0 Å². The van der Waals surface area contributed by atoms with Crippen LogP contribution in [0.1, 0.15) is 30.6 Å². The first-order valence-electron chi connectivity index (χ1n) is 8.52. The molecule has 0 saturated heterocycles. The molecule has 0 aliphatic rings. The summed E-state index contributed by atoms with van der Waals surface area (Å²) in [5, 5.41) is 2.68. The number of nitrogens with one attached hydrogen (secondary N) is 1. The van der Waals surface area contributed by atoms with E-state index in [2.05, 4.69) is 10.3 Å². The number of carbonyl (C=O) groups is 2. The van der Waals surface area contributed by atoms with Crippen molar-refractivity contribution in [3.05, 3.63) is 47.2 Å². The van der Waals surface area contributed by atoms with Gasteiger partial charge in [0.05, 0.1) is 24.5 Å². The van der Waals surface area contributed by atoms with Gasteiger partial charge in [0.1, 0.15) is 0 Å². The molecule has 0 unspecified atom stereocenters. The summed E-state index contributed by atoms with van der Waals surface area (Å²) < 4.78 is 16.1. The Morgan fingerprint density at radius 2 is 1.96 bits per heavy atom. The number of hydrogen-bond acceptors (Lipinski definition) is 6. The standard InChI is InChI=1S/C19H21ClN2O5/c1-3-10-26-15-8-7-13(11-16(15)25-4-2)19(24)27-12-17(23)22-14-6-5-9-21-18(14)20/h5-9,11H,3-4,10,12H2,1-2H3,(H,22,23). The van der Waals surface area contributed by atoms with Crippen LogP contribution in [0.15, 0.2) is 36.5 Å². The summed E-state index contributed by atoms with van der Waals surface area (Å²) in [6.07, 6.45) is 2.35. The summed E-state index contributed by atoms with van der Waals surface area (Å²) in [5.41, 5.74) is 0.603. The second kappa shape index (κ2) is 10.4. The lowest BCUT2D eigenvalue weighted by molar-refractivity contribution is -0.119. The SMILES string of the molecule is CCCOc1ccc(C(=O)OCC(=O)Nc2cccnc2Cl)cc1OCC. The number of carbonyl (C=O) groups excluding carboxylic acids is 2. The number of esters is 1. The summed E-state index contributed by atoms with van der Waals surface area (Å²) in [6, 6.07) is 7.97. The number of nitrogens with zero attached hydrogens (tertiary/aromatic N) is 1. The molecule has 1 heterocycles. The smallest absolute Gasteiger partial charge is 0.338 e. The van der Waals surface area contributed by atoms with E-state index in [1.807, 2.05) is 13.8 Å². The molecule has 0 atom stereocenters. The van der Waals surface area contributed by atoms with E-state index in [0.717, 1.165) is 6.42 Å². The number of amides is 1. The zero-order chi connectivity index (χ0) is 19.6. The first kappa shape index (κ1) is 20.5. The van der Waals surface area contributed by atoms with Gasteiger partial charge in [0.15, 0.2) is 23.3 Å². The maximum Gasteiger partial charge on any atom is 0.338 e. The highest BCUT2D eigenvalue weighted by atomic mass is 35.5. The molecule has 0 aliphatic carbocycles. The average molecular weight is 393 g/mol. The van der Waals surface area contributed by atoms with Crippen LogP contribution >= 0.6 is 11.6 Å². The Morgan fingerprint density at radius 1 is 1.15 bits per heavy atom. The third-order valence-corrected chi connectivity index (χ3v) is 3.61. The van der Waals surface area contributed by atoms with Crippen molar-refractivity contribution in [2.24, 2.45) is 0 Å². The Labute approximate surface area is 162 Å². The molecule has 0 saturated carbocycles. The number of benzene rings is 1. The Bertz CT molecular complexity index is 797. The highest BCUT2D eigenvalue weighted by Crippen LogP contribution is 2.29. The summed E-state index contributed by atoms with van der Waals surface area (Å²) in [6.45, 7) is 4.34. The third kappa shape index (κ3) is 6.14. The maximum absolute atomic E-state index is 12.2. The summed E-state index contributed by atoms with van der Waals surface area (Å²) in [4.78, 5) is 28.0. The van der Waals surface area contributed by atoms with Crippen LogP contribution in [0.2, 0.25) is 5.15 Å². The Kier molecular flexibility index (Phi) is 7.88. The molecule has 0 radical (unpaired) electrons. The second-order valence-corrected chi connectivity index (χ2v) is 5.77. The number of rotatable bonds is 9. The van der Waals surface area contributed by atoms with Crippen molar-refractivity contribution >= 4 is 29.2 Å². The molecule has 0 bridgehead atoms. The summed E-state index contributed by atoms with van der Waals surface area (Å²) in [7, 11) is 0. The zero-order valence-corrected chi connectivity index (χ0v) is 15.9. The minimum absolute atomic E-state index is 0.154. The van der Waals surface area contributed by atoms with E-state index in [9.17, 15) is 9.59 Å². The molecular weight excluding hydrogens is 372 g/mol. The molecule has 1 aromatic carbocycles. The largest absolute Gasteiger partial charge is 0.490 e. The minimum atomic E-state index is -0.648. The lowest BCUT2D eigenvalue weighted by Crippen LogP contribution is -2.21. The summed E-state index contributed by atoms with van der Waals surface area (Å²) in [5.74, 6) is -0.164. The van der Waals surface area contributed by atoms with Gasteiger partial charge in [0, 0.05) is 6.20 Å². The highest BCUT2D eigenvalue weighted by molar-refractivity contribution is 6.32. The molecular formula is C19H21ClN2O5. The van der Waals surface area contributed by atoms with Gasteiger partial charge in [-0.15, -0.1) is 0 Å². The first-order valence-corrected chi connectivity index (χ1v) is 8.90. The van der Waals surface area contributed by atoms with Gasteiger partial charge in [-0.2, -0.15) is 0 Å². The molecule has 1 amide bonds. The lowest BCUT2D eigenvalue weighted by Gasteiger charge is -2.13. The number of aromatic nitrogens is 1. The molecule has 0 fully saturated rings. The van der Waals surface area contributed by atoms with Gasteiger partial charge in [-0.3, -0.25) is 4.79 Å². The van der Waals surface area contributed by atoms with Crippen LogP contribution in [0.3, 0.4) is 0 Å². The predicted octanol–water partition coefficient (Wildman–Crippen LogP) is 3.72. The lowest BCUT2D eigenvalue weighted by atomic mass is 10.2. The van der Waals surface area contributed by atoms with Crippen molar-refractivity contribution in [1.82, 2.24) is 4.98 Å². The van der Waals surface area contributed by atoms with Crippen LogP contribution in [0.4, 0.5) is 5.69 Å². The first-order chi connectivity index (χ1) is 13.0. The number of hydrogen-bond donors (Lipinski definition) is 1. The molecule has 7 nitrogen and oxygen atoms in total. The van der Waals surface area contributed by atoms with Crippen LogP contribution in [0.25, 0.3) is 0 Å². The monoisotopic (exact) mass is 392 g/mol. The molecule has 8 heteroatoms. The van der Waals surface area contributed by atoms with Crippen LogP contribution in [-0.4, -0.2) is 36.7 Å². The molecule has 144 valence electrons. The van der Waals surface area contributed by atoms with Crippen molar-refractivity contribution in [2.75, 3.05) is 25.1 Å². The van der Waals surface area contributed by atoms with E-state index in [1.54, 1.807) is 24.3 Å². The fourth-order valence-electron chi connectivity index (χ4n) is 2.11. The fourth-order valence-corrected chi connectivity index (χ4v) is 2.28. The highest BCUT2D eigenvalue weighted by Gasteiger charge is 2.15. The van der Waals surface area contributed by atoms with E-state index in [1.165, 1.54) is 12.3 Å². The number of halogens is 1. The second-order valence-electron chi connectivity index (χ2n) is 5.41. The molecule has 1 aromatic heterocycles. The number of pyridine rings is 1. The van der Waals surface area contributed by atoms with E-state index < -0.39 is 18.5 Å². The summed E-state index contributed by atoms with van der Waals surface area (Å²) >= 11 is 5.87. The number of ether oxygens (including phenoxy) is 3. The zero-order valence-electron chi connectivity index (χ0n) is 15.2. The van der Waals surface area contributed by atoms with E-state index >= 15 is 0 Å². The van der Waals surface area contributed by atoms with E-state index in [4.69, 9.17) is 25.8 Å². The fraction of sp³-hybridized carbons (Fsp3) is 0.316. The van der Waals surface area contributed by atoms with Crippen LogP contribution < -0.4 is 14.8 Å². The van der Waals surface area contributed by atoms with E-state index in [0.29, 0.717) is 30.4 Å². The van der Waals surface area contributed by atoms with Gasteiger partial charge in [-0.25, -0.2) is 9.78 Å². The molecule has 0 spiro atoms. The Morgan fingerprint density at radius 3 is 2.67 bits per heavy atom. The van der Waals surface area contributed by atoms with Gasteiger partial charge >= 0.3 is 5.97 Å². The van der Waals surface area contributed by atoms with Gasteiger partial charge in [0.25, 0.3) is 5.91 Å². The molecule has 2 aromatic rings. The minimum Gasteiger partial charge on any atom is -0.490 e. The molecule has 2 rings (SSSR count). The average Bonchev–Trinajstić information content (AvgIpc) is 2.67. The third-order valence-electron chi connectivity index (χ3n) is 3.31. The van der Waals surface area contributed by atoms with Crippen molar-refractivity contribution in [2.45, 2.75) is 20.3 Å². The van der Waals surface area contributed by atoms with E-state index in [-0.39, 0.29) is 10.7 Å². The van der Waals surface area contributed by atoms with Gasteiger partial charge in [-0.05, 0) is 43.7 Å². The van der Waals surface area contributed by atoms with Crippen molar-refractivity contribution in [3.8, 4) is 11.5 Å². The Hall–Kier alpha value is -2.80. The van der Waals surface area contributed by atoms with Crippen molar-refractivity contribution in [3.63, 3.8) is 0 Å². The van der Waals surface area contributed by atoms with Gasteiger partial charge < -0.3 is 19.5 Å². The molecule has 0 aliphatic heterocycles. The van der Waals surface area contributed by atoms with Crippen molar-refractivity contribution in [1.29, 1.82) is 0 Å².